The Morgan fingerprint density at radius 1 is 1.33 bits per heavy atom. The Bertz CT molecular complexity index is 971. The summed E-state index contributed by atoms with van der Waals surface area (Å²) in [5, 5.41) is 14.3. The van der Waals surface area contributed by atoms with Crippen molar-refractivity contribution in [2.75, 3.05) is 0 Å². The molecule has 0 unspecified atom stereocenters. The minimum Gasteiger partial charge on any atom is -0.506 e. The molecule has 1 amide bonds. The van der Waals surface area contributed by atoms with E-state index in [1.807, 2.05) is 12.1 Å². The number of furan rings is 1. The second-order valence-corrected chi connectivity index (χ2v) is 7.31. The molecule has 0 aliphatic rings. The van der Waals surface area contributed by atoms with Crippen LogP contribution in [0.3, 0.4) is 0 Å². The molecule has 0 saturated heterocycles. The molecule has 0 fully saturated rings. The molecule has 8 heteroatoms. The maximum Gasteiger partial charge on any atom is 0.307 e. The van der Waals surface area contributed by atoms with Crippen LogP contribution in [0.5, 0.6) is 5.75 Å². The van der Waals surface area contributed by atoms with Crippen molar-refractivity contribution < 1.29 is 14.3 Å². The average molecular weight is 520 g/mol. The van der Waals surface area contributed by atoms with Crippen molar-refractivity contribution >= 4 is 73.2 Å². The number of fused-ring (bicyclic) bond motifs is 1. The predicted molar refractivity (Wildman–Crippen MR) is 105 cm³/mol. The van der Waals surface area contributed by atoms with Crippen LogP contribution in [-0.2, 0) is 0 Å². The second-order valence-electron chi connectivity index (χ2n) is 4.83. The number of phenolic OH excluding ortho intramolecular Hbond substituents is 1. The fourth-order valence-electron chi connectivity index (χ4n) is 2.01. The van der Waals surface area contributed by atoms with Gasteiger partial charge in [-0.15, -0.1) is 0 Å². The molecule has 2 aromatic carbocycles. The van der Waals surface area contributed by atoms with Crippen LogP contribution in [0.4, 0.5) is 0 Å². The first-order valence-corrected chi connectivity index (χ1v) is 8.89. The number of carbonyl (C=O) groups is 1. The van der Waals surface area contributed by atoms with E-state index >= 15 is 0 Å². The van der Waals surface area contributed by atoms with E-state index in [1.54, 1.807) is 12.1 Å². The highest BCUT2D eigenvalue weighted by atomic mass is 127. The van der Waals surface area contributed by atoms with Crippen LogP contribution >= 0.6 is 50.1 Å². The van der Waals surface area contributed by atoms with Gasteiger partial charge in [-0.1, -0.05) is 27.5 Å². The number of hydrogen-bond acceptors (Lipinski definition) is 4. The summed E-state index contributed by atoms with van der Waals surface area (Å²) in [5.41, 5.74) is 3.68. The number of hydrogen-bond donors (Lipinski definition) is 2. The number of halogens is 3. The monoisotopic (exact) mass is 518 g/mol. The van der Waals surface area contributed by atoms with Crippen LogP contribution in [0.25, 0.3) is 11.0 Å². The minimum atomic E-state index is -0.459. The zero-order valence-corrected chi connectivity index (χ0v) is 16.4. The van der Waals surface area contributed by atoms with Crippen molar-refractivity contribution in [3.63, 3.8) is 0 Å². The molecular weight excluding hydrogens is 510 g/mol. The first-order valence-electron chi connectivity index (χ1n) is 6.64. The summed E-state index contributed by atoms with van der Waals surface area (Å²) in [5.74, 6) is -0.304. The number of carbonyl (C=O) groups excluding carboxylic acids is 1. The molecule has 1 heterocycles. The smallest absolute Gasteiger partial charge is 0.307 e. The lowest BCUT2D eigenvalue weighted by atomic mass is 10.2. The van der Waals surface area contributed by atoms with Crippen molar-refractivity contribution in [1.82, 2.24) is 5.43 Å². The first kappa shape index (κ1) is 17.2. The van der Waals surface area contributed by atoms with Gasteiger partial charge in [-0.05, 0) is 64.6 Å². The minimum absolute atomic E-state index is 0.0131. The zero-order valence-electron chi connectivity index (χ0n) is 11.9. The summed E-state index contributed by atoms with van der Waals surface area (Å²) in [6, 6.07) is 10.0. The molecule has 5 nitrogen and oxygen atoms in total. The third-order valence-electron chi connectivity index (χ3n) is 3.11. The highest BCUT2D eigenvalue weighted by Gasteiger charge is 2.14. The lowest BCUT2D eigenvalue weighted by Crippen LogP contribution is -2.16. The normalized spacial score (nSPS) is 11.3. The van der Waals surface area contributed by atoms with Crippen LogP contribution < -0.4 is 5.43 Å². The SMILES string of the molecule is O=C(N/N=C\c1ccc(O)c(Cl)c1)c1cc2cc(Br)cc(I)c2o1. The van der Waals surface area contributed by atoms with Crippen molar-refractivity contribution in [3.8, 4) is 5.75 Å². The van der Waals surface area contributed by atoms with E-state index in [0.29, 0.717) is 11.1 Å². The van der Waals surface area contributed by atoms with Gasteiger partial charge in [0.1, 0.15) is 11.3 Å². The Hall–Kier alpha value is -1.58. The van der Waals surface area contributed by atoms with E-state index in [0.717, 1.165) is 13.4 Å². The Labute approximate surface area is 163 Å². The highest BCUT2D eigenvalue weighted by Crippen LogP contribution is 2.28. The largest absolute Gasteiger partial charge is 0.506 e. The summed E-state index contributed by atoms with van der Waals surface area (Å²) in [6.07, 6.45) is 1.42. The summed E-state index contributed by atoms with van der Waals surface area (Å²) < 4.78 is 7.40. The third-order valence-corrected chi connectivity index (χ3v) is 4.67. The number of amides is 1. The van der Waals surface area contributed by atoms with Crippen molar-refractivity contribution in [1.29, 1.82) is 0 Å². The lowest BCUT2D eigenvalue weighted by molar-refractivity contribution is 0.0929. The van der Waals surface area contributed by atoms with E-state index < -0.39 is 5.91 Å². The van der Waals surface area contributed by atoms with E-state index in [4.69, 9.17) is 16.0 Å². The van der Waals surface area contributed by atoms with Crippen LogP contribution in [-0.4, -0.2) is 17.2 Å². The Kier molecular flexibility index (Phi) is 5.12. The quantitative estimate of drug-likeness (QED) is 0.293. The molecule has 122 valence electrons. The molecule has 0 saturated carbocycles. The second kappa shape index (κ2) is 7.12. The number of nitrogens with one attached hydrogen (secondary N) is 1. The topological polar surface area (TPSA) is 74.8 Å². The molecule has 1 aromatic heterocycles. The van der Waals surface area contributed by atoms with E-state index in [1.165, 1.54) is 18.3 Å². The Balaban J connectivity index is 1.76. The van der Waals surface area contributed by atoms with Crippen molar-refractivity contribution in [3.05, 3.63) is 60.8 Å². The highest BCUT2D eigenvalue weighted by molar-refractivity contribution is 14.1. The standard InChI is InChI=1S/C16H9BrClIN2O3/c17-10-4-9-5-14(24-15(9)12(19)6-10)16(23)21-20-7-8-1-2-13(22)11(18)3-8/h1-7,22H,(H,21,23)/b20-7-. The lowest BCUT2D eigenvalue weighted by Gasteiger charge is -1.98. The van der Waals surface area contributed by atoms with E-state index in [-0.39, 0.29) is 16.5 Å². The maximum absolute atomic E-state index is 12.1. The van der Waals surface area contributed by atoms with Gasteiger partial charge in [-0.25, -0.2) is 5.43 Å². The first-order chi connectivity index (χ1) is 11.4. The molecule has 0 radical (unpaired) electrons. The Morgan fingerprint density at radius 3 is 2.88 bits per heavy atom. The van der Waals surface area contributed by atoms with Gasteiger partial charge in [-0.3, -0.25) is 4.79 Å². The summed E-state index contributed by atoms with van der Waals surface area (Å²) in [7, 11) is 0. The van der Waals surface area contributed by atoms with Crippen LogP contribution in [0.15, 0.2) is 50.4 Å². The number of aromatic hydroxyl groups is 1. The number of nitrogens with zero attached hydrogens (tertiary/aromatic N) is 1. The number of hydrazone groups is 1. The molecule has 0 atom stereocenters. The van der Waals surface area contributed by atoms with Crippen LogP contribution in [0.2, 0.25) is 5.02 Å². The molecule has 0 spiro atoms. The molecule has 3 aromatic rings. The number of rotatable bonds is 3. The summed E-state index contributed by atoms with van der Waals surface area (Å²) >= 11 is 11.4. The molecule has 2 N–H and O–H groups in total. The molecule has 0 aliphatic heterocycles. The van der Waals surface area contributed by atoms with Gasteiger partial charge >= 0.3 is 5.91 Å². The molecule has 3 rings (SSSR count). The van der Waals surface area contributed by atoms with Gasteiger partial charge in [-0.2, -0.15) is 5.10 Å². The number of phenols is 1. The Morgan fingerprint density at radius 2 is 2.12 bits per heavy atom. The molecule has 24 heavy (non-hydrogen) atoms. The van der Waals surface area contributed by atoms with Crippen molar-refractivity contribution in [2.24, 2.45) is 5.10 Å². The van der Waals surface area contributed by atoms with Gasteiger partial charge in [0.2, 0.25) is 0 Å². The van der Waals surface area contributed by atoms with Gasteiger partial charge in [0.25, 0.3) is 0 Å². The molecule has 0 bridgehead atoms. The molecule has 0 aliphatic carbocycles. The van der Waals surface area contributed by atoms with Gasteiger partial charge in [0.05, 0.1) is 14.8 Å². The molecular formula is C16H9BrClIN2O3. The van der Waals surface area contributed by atoms with E-state index in [9.17, 15) is 9.90 Å². The van der Waals surface area contributed by atoms with Gasteiger partial charge in [0, 0.05) is 9.86 Å². The maximum atomic E-state index is 12.1. The fraction of sp³-hybridized carbons (Fsp3) is 0. The third kappa shape index (κ3) is 3.73. The van der Waals surface area contributed by atoms with E-state index in [2.05, 4.69) is 49.0 Å². The van der Waals surface area contributed by atoms with Gasteiger partial charge in [0.15, 0.2) is 5.76 Å². The zero-order chi connectivity index (χ0) is 17.3. The predicted octanol–water partition coefficient (Wildman–Crippen LogP) is 4.92. The summed E-state index contributed by atoms with van der Waals surface area (Å²) in [4.78, 5) is 12.1. The van der Waals surface area contributed by atoms with Crippen LogP contribution in [0, 0.1) is 3.57 Å². The van der Waals surface area contributed by atoms with Crippen molar-refractivity contribution in [2.45, 2.75) is 0 Å². The summed E-state index contributed by atoms with van der Waals surface area (Å²) in [6.45, 7) is 0. The number of benzene rings is 2. The fourth-order valence-corrected chi connectivity index (χ4v) is 3.86. The average Bonchev–Trinajstić information content (AvgIpc) is 2.95. The van der Waals surface area contributed by atoms with Crippen LogP contribution in [0.1, 0.15) is 16.1 Å². The van der Waals surface area contributed by atoms with Gasteiger partial charge < -0.3 is 9.52 Å².